The molecule has 0 radical (unpaired) electrons. The second kappa shape index (κ2) is 8.29. The van der Waals surface area contributed by atoms with Crippen LogP contribution >= 0.6 is 0 Å². The second-order valence-corrected chi connectivity index (χ2v) is 12.5. The third-order valence-corrected chi connectivity index (χ3v) is 10.6. The molecule has 3 heteroatoms. The fourth-order valence-corrected chi connectivity index (χ4v) is 8.60. The Hall–Kier alpha value is -0.640. The molecule has 3 saturated carbocycles. The lowest BCUT2D eigenvalue weighted by Crippen LogP contribution is -2.55. The zero-order chi connectivity index (χ0) is 22.7. The van der Waals surface area contributed by atoms with Gasteiger partial charge in [0.05, 0.1) is 18.3 Å². The third-order valence-electron chi connectivity index (χ3n) is 10.6. The first kappa shape index (κ1) is 23.5. The predicted octanol–water partition coefficient (Wildman–Crippen LogP) is 5.50. The molecule has 0 amide bonds. The summed E-state index contributed by atoms with van der Waals surface area (Å²) in [6.07, 6.45) is 9.01. The molecule has 0 heterocycles. The van der Waals surface area contributed by atoms with E-state index >= 15 is 0 Å². The van der Waals surface area contributed by atoms with Gasteiger partial charge in [-0.05, 0) is 97.7 Å². The maximum atomic E-state index is 11.3. The van der Waals surface area contributed by atoms with E-state index in [2.05, 4.69) is 47.3 Å². The van der Waals surface area contributed by atoms with Crippen LogP contribution in [0.4, 0.5) is 0 Å². The monoisotopic (exact) mass is 430 g/mol. The lowest BCUT2D eigenvalue weighted by molar-refractivity contribution is -0.0987. The fourth-order valence-electron chi connectivity index (χ4n) is 8.60. The predicted molar refractivity (Wildman–Crippen MR) is 126 cm³/mol. The molecule has 0 unspecified atom stereocenters. The lowest BCUT2D eigenvalue weighted by atomic mass is 9.46. The molecule has 0 aliphatic heterocycles. The molecular formula is C28H46O3. The summed E-state index contributed by atoms with van der Waals surface area (Å²) in [5, 5.41) is 32.8. The zero-order valence-electron chi connectivity index (χ0n) is 20.5. The van der Waals surface area contributed by atoms with E-state index in [4.69, 9.17) is 0 Å². The van der Waals surface area contributed by atoms with E-state index in [-0.39, 0.29) is 29.0 Å². The SMILES string of the molecule is C=C(CC[C@@H](C)[C@H]1[C@@H](O)C[C@H]2[C@@H]3[C@H](O)C=C4C[C@@H](O)CC[C@]4(C)[C@H]3CC[C@]12C)C(C)C. The van der Waals surface area contributed by atoms with Gasteiger partial charge in [-0.1, -0.05) is 58.4 Å². The molecule has 176 valence electrons. The van der Waals surface area contributed by atoms with Crippen molar-refractivity contribution >= 4 is 0 Å². The van der Waals surface area contributed by atoms with Gasteiger partial charge in [0.25, 0.3) is 0 Å². The van der Waals surface area contributed by atoms with Crippen LogP contribution in [0.3, 0.4) is 0 Å². The Balaban J connectivity index is 1.58. The molecule has 0 bridgehead atoms. The summed E-state index contributed by atoms with van der Waals surface area (Å²) in [5.74, 6) is 2.36. The average molecular weight is 431 g/mol. The van der Waals surface area contributed by atoms with Gasteiger partial charge in [0.1, 0.15) is 0 Å². The first-order valence-electron chi connectivity index (χ1n) is 12.9. The fraction of sp³-hybridized carbons (Fsp3) is 0.857. The lowest BCUT2D eigenvalue weighted by Gasteiger charge is -2.59. The molecule has 3 nitrogen and oxygen atoms in total. The third kappa shape index (κ3) is 3.77. The molecule has 4 rings (SSSR count). The molecular weight excluding hydrogens is 384 g/mol. The zero-order valence-corrected chi connectivity index (χ0v) is 20.5. The summed E-state index contributed by atoms with van der Waals surface area (Å²) in [5.41, 5.74) is 2.81. The molecule has 0 aromatic rings. The van der Waals surface area contributed by atoms with Crippen LogP contribution in [-0.2, 0) is 0 Å². The van der Waals surface area contributed by atoms with Crippen molar-refractivity contribution in [1.29, 1.82) is 0 Å². The molecule has 0 spiro atoms. The minimum atomic E-state index is -0.440. The van der Waals surface area contributed by atoms with E-state index in [9.17, 15) is 15.3 Å². The summed E-state index contributed by atoms with van der Waals surface area (Å²) in [6, 6.07) is 0. The van der Waals surface area contributed by atoms with E-state index < -0.39 is 6.10 Å². The van der Waals surface area contributed by atoms with Crippen LogP contribution in [0, 0.1) is 46.3 Å². The number of hydrogen-bond donors (Lipinski definition) is 3. The molecule has 3 N–H and O–H groups in total. The normalized spacial score (nSPS) is 47.9. The maximum Gasteiger partial charge on any atom is 0.0757 e. The average Bonchev–Trinajstić information content (AvgIpc) is 2.97. The van der Waals surface area contributed by atoms with Crippen molar-refractivity contribution in [2.75, 3.05) is 0 Å². The van der Waals surface area contributed by atoms with E-state index in [1.807, 2.05) is 0 Å². The van der Waals surface area contributed by atoms with Crippen LogP contribution in [0.5, 0.6) is 0 Å². The highest BCUT2D eigenvalue weighted by molar-refractivity contribution is 5.28. The van der Waals surface area contributed by atoms with E-state index in [1.54, 1.807) is 0 Å². The Bertz CT molecular complexity index is 726. The standard InChI is InChI=1S/C28H46O3/c1-16(2)17(3)7-8-18(4)26-24(31)15-22-25-21(10-12-28(22,26)6)27(5)11-9-20(29)13-19(27)14-23(25)30/h14,16,18,20-26,29-31H,3,7-13,15H2,1-2,4-6H3/t18-,20+,21+,22+,23-,24+,25-,26+,27+,28+/m1/s1. The van der Waals surface area contributed by atoms with Crippen LogP contribution in [0.15, 0.2) is 23.8 Å². The molecule has 0 aromatic carbocycles. The number of hydrogen-bond acceptors (Lipinski definition) is 3. The van der Waals surface area contributed by atoms with E-state index in [0.717, 1.165) is 51.4 Å². The molecule has 0 aromatic heterocycles. The number of allylic oxidation sites excluding steroid dienone is 1. The first-order chi connectivity index (χ1) is 14.5. The molecule has 0 saturated heterocycles. The van der Waals surface area contributed by atoms with Crippen LogP contribution in [0.25, 0.3) is 0 Å². The van der Waals surface area contributed by atoms with Crippen molar-refractivity contribution < 1.29 is 15.3 Å². The first-order valence-corrected chi connectivity index (χ1v) is 12.9. The molecule has 4 aliphatic carbocycles. The number of rotatable bonds is 5. The van der Waals surface area contributed by atoms with Gasteiger partial charge in [0, 0.05) is 0 Å². The quantitative estimate of drug-likeness (QED) is 0.505. The van der Waals surface area contributed by atoms with Crippen molar-refractivity contribution in [1.82, 2.24) is 0 Å². The summed E-state index contributed by atoms with van der Waals surface area (Å²) in [6.45, 7) is 15.8. The summed E-state index contributed by atoms with van der Waals surface area (Å²) in [4.78, 5) is 0. The summed E-state index contributed by atoms with van der Waals surface area (Å²) < 4.78 is 0. The van der Waals surface area contributed by atoms with Crippen molar-refractivity contribution in [3.05, 3.63) is 23.8 Å². The van der Waals surface area contributed by atoms with E-state index in [1.165, 1.54) is 11.1 Å². The molecule has 31 heavy (non-hydrogen) atoms. The van der Waals surface area contributed by atoms with Gasteiger partial charge in [-0.25, -0.2) is 0 Å². The smallest absolute Gasteiger partial charge is 0.0757 e. The highest BCUT2D eigenvalue weighted by atomic mass is 16.3. The Morgan fingerprint density at radius 2 is 1.81 bits per heavy atom. The van der Waals surface area contributed by atoms with Gasteiger partial charge in [-0.3, -0.25) is 0 Å². The summed E-state index contributed by atoms with van der Waals surface area (Å²) in [7, 11) is 0. The number of fused-ring (bicyclic) bond motifs is 5. The summed E-state index contributed by atoms with van der Waals surface area (Å²) >= 11 is 0. The van der Waals surface area contributed by atoms with Crippen molar-refractivity contribution in [2.45, 2.75) is 104 Å². The maximum absolute atomic E-state index is 11.3. The van der Waals surface area contributed by atoms with Crippen LogP contribution in [0.1, 0.15) is 86.0 Å². The highest BCUT2D eigenvalue weighted by Gasteiger charge is 2.63. The highest BCUT2D eigenvalue weighted by Crippen LogP contribution is 2.67. The van der Waals surface area contributed by atoms with Crippen molar-refractivity contribution in [2.24, 2.45) is 46.3 Å². The van der Waals surface area contributed by atoms with Gasteiger partial charge in [0.2, 0.25) is 0 Å². The Morgan fingerprint density at radius 3 is 2.48 bits per heavy atom. The van der Waals surface area contributed by atoms with Crippen LogP contribution < -0.4 is 0 Å². The van der Waals surface area contributed by atoms with Gasteiger partial charge >= 0.3 is 0 Å². The van der Waals surface area contributed by atoms with Gasteiger partial charge in [0.15, 0.2) is 0 Å². The van der Waals surface area contributed by atoms with Gasteiger partial charge < -0.3 is 15.3 Å². The Kier molecular flexibility index (Phi) is 6.29. The number of aliphatic hydroxyl groups excluding tert-OH is 3. The molecule has 10 atom stereocenters. The topological polar surface area (TPSA) is 60.7 Å². The van der Waals surface area contributed by atoms with Crippen molar-refractivity contribution in [3.63, 3.8) is 0 Å². The van der Waals surface area contributed by atoms with Crippen LogP contribution in [-0.4, -0.2) is 33.6 Å². The van der Waals surface area contributed by atoms with Crippen molar-refractivity contribution in [3.8, 4) is 0 Å². The van der Waals surface area contributed by atoms with Crippen LogP contribution in [0.2, 0.25) is 0 Å². The minimum absolute atomic E-state index is 0.0933. The van der Waals surface area contributed by atoms with Gasteiger partial charge in [-0.2, -0.15) is 0 Å². The molecule has 4 aliphatic rings. The minimum Gasteiger partial charge on any atom is -0.393 e. The van der Waals surface area contributed by atoms with E-state index in [0.29, 0.717) is 29.6 Å². The number of aliphatic hydroxyl groups is 3. The second-order valence-electron chi connectivity index (χ2n) is 12.5. The Morgan fingerprint density at radius 1 is 1.10 bits per heavy atom. The van der Waals surface area contributed by atoms with Gasteiger partial charge in [-0.15, -0.1) is 0 Å². The largest absolute Gasteiger partial charge is 0.393 e. The molecule has 3 fully saturated rings. The Labute approximate surface area is 190 Å².